The first-order valence-corrected chi connectivity index (χ1v) is 14.7. The maximum atomic E-state index is 6.74. The van der Waals surface area contributed by atoms with Gasteiger partial charge in [0, 0.05) is 17.5 Å². The molecule has 0 amide bonds. The fourth-order valence-corrected chi connectivity index (χ4v) is 5.65. The Labute approximate surface area is 227 Å². The van der Waals surface area contributed by atoms with E-state index in [4.69, 9.17) is 13.6 Å². The van der Waals surface area contributed by atoms with Gasteiger partial charge < -0.3 is 9.05 Å². The highest BCUT2D eigenvalue weighted by Crippen LogP contribution is 2.53. The number of fused-ring (bicyclic) bond motifs is 2. The third kappa shape index (κ3) is 6.88. The second-order valence-corrected chi connectivity index (χ2v) is 15.7. The molecule has 1 aliphatic heterocycles. The minimum absolute atomic E-state index is 0.0163. The summed E-state index contributed by atoms with van der Waals surface area (Å²) in [4.78, 5) is 0. The molecule has 1 atom stereocenters. The van der Waals surface area contributed by atoms with Gasteiger partial charge in [-0.25, -0.2) is 0 Å². The zero-order valence-corrected chi connectivity index (χ0v) is 26.7. The lowest BCUT2D eigenvalue weighted by Gasteiger charge is -2.35. The van der Waals surface area contributed by atoms with Gasteiger partial charge in [0.15, 0.2) is 0 Å². The van der Waals surface area contributed by atoms with Crippen LogP contribution in [-0.2, 0) is 32.6 Å². The van der Waals surface area contributed by atoms with Crippen molar-refractivity contribution >= 4 is 8.60 Å². The molecule has 0 bridgehead atoms. The Balaban J connectivity index is 2.40. The summed E-state index contributed by atoms with van der Waals surface area (Å²) in [6, 6.07) is 9.33. The van der Waals surface area contributed by atoms with Crippen LogP contribution in [0.4, 0.5) is 0 Å². The predicted molar refractivity (Wildman–Crippen MR) is 158 cm³/mol. The van der Waals surface area contributed by atoms with E-state index in [9.17, 15) is 0 Å². The lowest BCUT2D eigenvalue weighted by molar-refractivity contribution is 0.168. The molecule has 1 N–H and O–H groups in total. The van der Waals surface area contributed by atoms with Gasteiger partial charge in [0.05, 0.1) is 0 Å². The fraction of sp³-hybridized carbons (Fsp3) is 0.625. The van der Waals surface area contributed by atoms with Gasteiger partial charge in [0.2, 0.25) is 0 Å². The van der Waals surface area contributed by atoms with Crippen molar-refractivity contribution in [3.8, 4) is 11.5 Å². The topological polar surface area (TPSA) is 39.7 Å². The zero-order valence-electron chi connectivity index (χ0n) is 25.8. The number of rotatable bonds is 3. The van der Waals surface area contributed by atoms with E-state index in [2.05, 4.69) is 113 Å². The Hall–Kier alpha value is -1.61. The van der Waals surface area contributed by atoms with E-state index in [-0.39, 0.29) is 27.9 Å². The zero-order chi connectivity index (χ0) is 28.1. The summed E-state index contributed by atoms with van der Waals surface area (Å²) >= 11 is 0. The minimum Gasteiger partial charge on any atom is -0.417 e. The van der Waals surface area contributed by atoms with Crippen molar-refractivity contribution in [1.82, 2.24) is 5.32 Å². The van der Waals surface area contributed by atoms with Crippen molar-refractivity contribution in [1.29, 1.82) is 0 Å². The first-order valence-electron chi connectivity index (χ1n) is 13.6. The predicted octanol–water partition coefficient (Wildman–Crippen LogP) is 9.05. The van der Waals surface area contributed by atoms with Crippen molar-refractivity contribution < 1.29 is 13.6 Å². The van der Waals surface area contributed by atoms with Crippen LogP contribution in [0.5, 0.6) is 11.5 Å². The van der Waals surface area contributed by atoms with Crippen LogP contribution in [-0.4, -0.2) is 13.3 Å². The maximum absolute atomic E-state index is 6.74. The molecule has 1 heterocycles. The molecular weight excluding hydrogens is 477 g/mol. The lowest BCUT2D eigenvalue weighted by Crippen LogP contribution is -2.26. The molecule has 0 radical (unpaired) electrons. The van der Waals surface area contributed by atoms with Gasteiger partial charge >= 0.3 is 8.60 Å². The fourth-order valence-electron chi connectivity index (χ4n) is 4.43. The normalized spacial score (nSPS) is 16.2. The van der Waals surface area contributed by atoms with Crippen LogP contribution in [0.15, 0.2) is 24.3 Å². The van der Waals surface area contributed by atoms with E-state index in [1.165, 1.54) is 33.4 Å². The van der Waals surface area contributed by atoms with Crippen molar-refractivity contribution in [3.05, 3.63) is 57.6 Å². The Morgan fingerprint density at radius 3 is 1.35 bits per heavy atom. The maximum Gasteiger partial charge on any atom is 0.464 e. The second kappa shape index (κ2) is 10.2. The molecule has 0 fully saturated rings. The standard InChI is InChI=1S/C32H50NO3P/c1-20(33-14)34-37-35-27-21(16-23(29(2,3)4)18-25(27)31(8,9)10)15-22-17-24(30(5,6)7)19-26(28(22)36-37)32(11,12)13/h16-20,33H,15H2,1-14H3. The van der Waals surface area contributed by atoms with Gasteiger partial charge in [-0.3, -0.25) is 9.84 Å². The third-order valence-corrected chi connectivity index (χ3v) is 8.19. The van der Waals surface area contributed by atoms with Crippen molar-refractivity contribution in [3.63, 3.8) is 0 Å². The molecule has 5 heteroatoms. The molecule has 0 spiro atoms. The highest BCUT2D eigenvalue weighted by atomic mass is 31.2. The lowest BCUT2D eigenvalue weighted by atomic mass is 9.76. The third-order valence-electron chi connectivity index (χ3n) is 7.04. The molecule has 37 heavy (non-hydrogen) atoms. The van der Waals surface area contributed by atoms with Crippen LogP contribution in [0.1, 0.15) is 123 Å². The SMILES string of the molecule is CNC(C)OP1Oc2c(cc(C(C)(C)C)cc2C(C)(C)C)Cc2cc(C(C)(C)C)cc(C(C)(C)C)c2O1. The van der Waals surface area contributed by atoms with Crippen LogP contribution in [0.25, 0.3) is 0 Å². The highest BCUT2D eigenvalue weighted by molar-refractivity contribution is 7.42. The first-order chi connectivity index (χ1) is 16.7. The van der Waals surface area contributed by atoms with E-state index >= 15 is 0 Å². The Bertz CT molecular complexity index is 1040. The van der Waals surface area contributed by atoms with Crippen LogP contribution >= 0.6 is 8.60 Å². The van der Waals surface area contributed by atoms with Crippen molar-refractivity contribution in [2.45, 2.75) is 124 Å². The van der Waals surface area contributed by atoms with Gasteiger partial charge in [-0.15, -0.1) is 0 Å². The molecule has 1 unspecified atom stereocenters. The number of benzene rings is 2. The Morgan fingerprint density at radius 1 is 0.676 bits per heavy atom. The highest BCUT2D eigenvalue weighted by Gasteiger charge is 2.35. The molecule has 0 aliphatic carbocycles. The number of hydrogen-bond acceptors (Lipinski definition) is 4. The van der Waals surface area contributed by atoms with E-state index in [1.807, 2.05) is 14.0 Å². The van der Waals surface area contributed by atoms with Crippen LogP contribution in [0.3, 0.4) is 0 Å². The quantitative estimate of drug-likeness (QED) is 0.319. The average Bonchev–Trinajstić information content (AvgIpc) is 2.70. The second-order valence-electron chi connectivity index (χ2n) is 14.6. The van der Waals surface area contributed by atoms with Gasteiger partial charge in [-0.1, -0.05) is 107 Å². The summed E-state index contributed by atoms with van der Waals surface area (Å²) in [5.74, 6) is 1.80. The van der Waals surface area contributed by atoms with Crippen molar-refractivity contribution in [2.75, 3.05) is 7.05 Å². The molecule has 1 aliphatic rings. The van der Waals surface area contributed by atoms with Gasteiger partial charge in [0.25, 0.3) is 0 Å². The smallest absolute Gasteiger partial charge is 0.417 e. The summed E-state index contributed by atoms with van der Waals surface area (Å²) in [5, 5.41) is 3.18. The molecule has 2 aromatic carbocycles. The first kappa shape index (κ1) is 29.9. The van der Waals surface area contributed by atoms with Gasteiger partial charge in [-0.05, 0) is 57.9 Å². The molecular formula is C32H50NO3P. The number of hydrogen-bond donors (Lipinski definition) is 1. The van der Waals surface area contributed by atoms with E-state index in [0.717, 1.165) is 17.9 Å². The van der Waals surface area contributed by atoms with Crippen LogP contribution in [0, 0.1) is 0 Å². The monoisotopic (exact) mass is 527 g/mol. The minimum atomic E-state index is -1.70. The molecule has 0 saturated carbocycles. The molecule has 0 aromatic heterocycles. The largest absolute Gasteiger partial charge is 0.464 e. The van der Waals surface area contributed by atoms with E-state index < -0.39 is 8.60 Å². The van der Waals surface area contributed by atoms with E-state index in [1.54, 1.807) is 0 Å². The summed E-state index contributed by atoms with van der Waals surface area (Å²) < 4.78 is 19.8. The summed E-state index contributed by atoms with van der Waals surface area (Å²) in [5.41, 5.74) is 7.24. The Morgan fingerprint density at radius 2 is 1.05 bits per heavy atom. The molecule has 206 valence electrons. The van der Waals surface area contributed by atoms with E-state index in [0.29, 0.717) is 0 Å². The Kier molecular flexibility index (Phi) is 8.23. The number of nitrogens with one attached hydrogen (secondary N) is 1. The molecule has 2 aromatic rings. The molecule has 3 rings (SSSR count). The van der Waals surface area contributed by atoms with Crippen LogP contribution < -0.4 is 14.4 Å². The van der Waals surface area contributed by atoms with Crippen molar-refractivity contribution in [2.24, 2.45) is 0 Å². The summed E-state index contributed by atoms with van der Waals surface area (Å²) in [6.45, 7) is 29.2. The molecule has 0 saturated heterocycles. The summed E-state index contributed by atoms with van der Waals surface area (Å²) in [6.07, 6.45) is 0.534. The van der Waals surface area contributed by atoms with Gasteiger partial charge in [0.1, 0.15) is 17.7 Å². The van der Waals surface area contributed by atoms with Gasteiger partial charge in [-0.2, -0.15) is 0 Å². The average molecular weight is 528 g/mol. The molecule has 4 nitrogen and oxygen atoms in total. The summed E-state index contributed by atoms with van der Waals surface area (Å²) in [7, 11) is 0.189. The van der Waals surface area contributed by atoms with Crippen LogP contribution in [0.2, 0.25) is 0 Å².